The molecule has 0 bridgehead atoms. The summed E-state index contributed by atoms with van der Waals surface area (Å²) in [6.45, 7) is 5.97. The van der Waals surface area contributed by atoms with Crippen molar-refractivity contribution >= 4 is 6.21 Å². The summed E-state index contributed by atoms with van der Waals surface area (Å²) in [6, 6.07) is 16.0. The van der Waals surface area contributed by atoms with Crippen LogP contribution in [0.25, 0.3) is 0 Å². The first kappa shape index (κ1) is 20.0. The molecule has 0 fully saturated rings. The molecule has 3 heteroatoms. The van der Waals surface area contributed by atoms with Crippen molar-refractivity contribution in [1.29, 1.82) is 0 Å². The van der Waals surface area contributed by atoms with Gasteiger partial charge in [-0.05, 0) is 59.9 Å². The van der Waals surface area contributed by atoms with E-state index in [1.165, 1.54) is 25.7 Å². The molecule has 2 aromatic rings. The van der Waals surface area contributed by atoms with E-state index in [2.05, 4.69) is 31.0 Å². The lowest BCUT2D eigenvalue weighted by Crippen LogP contribution is -2.03. The van der Waals surface area contributed by atoms with Gasteiger partial charge in [-0.25, -0.2) is 0 Å². The van der Waals surface area contributed by atoms with Crippen LogP contribution in [0.1, 0.15) is 50.7 Å². The number of unbranched alkanes of at least 4 members (excludes halogenated alkanes) is 1. The summed E-state index contributed by atoms with van der Waals surface area (Å²) < 4.78 is 11.0. The molecule has 0 heterocycles. The number of benzene rings is 2. The van der Waals surface area contributed by atoms with Gasteiger partial charge in [0.1, 0.15) is 18.1 Å². The molecule has 0 saturated heterocycles. The van der Waals surface area contributed by atoms with Crippen LogP contribution in [0.5, 0.6) is 11.5 Å². The molecule has 2 rings (SSSR count). The van der Waals surface area contributed by atoms with Crippen LogP contribution in [0.3, 0.4) is 0 Å². The summed E-state index contributed by atoms with van der Waals surface area (Å²) in [4.78, 5) is 4.63. The van der Waals surface area contributed by atoms with Gasteiger partial charge < -0.3 is 9.47 Å². The van der Waals surface area contributed by atoms with Crippen LogP contribution in [0, 0.1) is 5.92 Å². The highest BCUT2D eigenvalue weighted by atomic mass is 16.5. The highest BCUT2D eigenvalue weighted by molar-refractivity contribution is 5.79. The number of ether oxygens (including phenoxy) is 2. The Hall–Kier alpha value is -2.29. The van der Waals surface area contributed by atoms with Crippen molar-refractivity contribution in [3.63, 3.8) is 0 Å². The van der Waals surface area contributed by atoms with Gasteiger partial charge in [0.2, 0.25) is 0 Å². The maximum atomic E-state index is 5.84. The minimum Gasteiger partial charge on any atom is -0.497 e. The van der Waals surface area contributed by atoms with Crippen molar-refractivity contribution in [1.82, 2.24) is 0 Å². The third-order valence-electron chi connectivity index (χ3n) is 4.59. The van der Waals surface area contributed by atoms with Crippen LogP contribution >= 0.6 is 0 Å². The first-order valence-electron chi connectivity index (χ1n) is 9.60. The zero-order valence-electron chi connectivity index (χ0n) is 16.3. The Morgan fingerprint density at radius 3 is 2.27 bits per heavy atom. The maximum Gasteiger partial charge on any atom is 0.119 e. The quantitative estimate of drug-likeness (QED) is 0.470. The fourth-order valence-corrected chi connectivity index (χ4v) is 2.76. The van der Waals surface area contributed by atoms with Gasteiger partial charge in [-0.2, -0.15) is 0 Å². The lowest BCUT2D eigenvalue weighted by molar-refractivity contribution is 0.306. The summed E-state index contributed by atoms with van der Waals surface area (Å²) >= 11 is 0. The number of aliphatic imine (C=N–C) groups is 1. The third-order valence-corrected chi connectivity index (χ3v) is 4.59. The molecule has 3 nitrogen and oxygen atoms in total. The van der Waals surface area contributed by atoms with Gasteiger partial charge in [0.25, 0.3) is 0 Å². The molecule has 0 saturated carbocycles. The van der Waals surface area contributed by atoms with E-state index in [0.29, 0.717) is 12.5 Å². The lowest BCUT2D eigenvalue weighted by atomic mass is 10.00. The van der Waals surface area contributed by atoms with Gasteiger partial charge in [0, 0.05) is 12.8 Å². The Balaban J connectivity index is 1.80. The molecule has 0 aliphatic carbocycles. The van der Waals surface area contributed by atoms with Gasteiger partial charge in [-0.15, -0.1) is 0 Å². The summed E-state index contributed by atoms with van der Waals surface area (Å²) in [5, 5.41) is 0. The second kappa shape index (κ2) is 11.3. The van der Waals surface area contributed by atoms with E-state index in [-0.39, 0.29) is 0 Å². The van der Waals surface area contributed by atoms with Crippen molar-refractivity contribution in [2.75, 3.05) is 13.7 Å². The average Bonchev–Trinajstić information content (AvgIpc) is 2.70. The molecule has 0 aliphatic rings. The zero-order chi connectivity index (χ0) is 18.6. The van der Waals surface area contributed by atoms with Gasteiger partial charge >= 0.3 is 0 Å². The fraction of sp³-hybridized carbons (Fsp3) is 0.435. The maximum absolute atomic E-state index is 5.84. The molecule has 0 spiro atoms. The van der Waals surface area contributed by atoms with Crippen molar-refractivity contribution in [2.45, 2.75) is 46.1 Å². The Morgan fingerprint density at radius 1 is 0.962 bits per heavy atom. The minimum atomic E-state index is 0.549. The molecule has 0 aromatic heterocycles. The predicted molar refractivity (Wildman–Crippen MR) is 110 cm³/mol. The molecule has 2 aromatic carbocycles. The number of hydrogen-bond donors (Lipinski definition) is 0. The van der Waals surface area contributed by atoms with Crippen LogP contribution in [0.2, 0.25) is 0 Å². The van der Waals surface area contributed by atoms with Crippen LogP contribution < -0.4 is 9.47 Å². The highest BCUT2D eigenvalue weighted by Gasteiger charge is 2.03. The first-order valence-corrected chi connectivity index (χ1v) is 9.60. The smallest absolute Gasteiger partial charge is 0.119 e. The van der Waals surface area contributed by atoms with Crippen molar-refractivity contribution < 1.29 is 9.47 Å². The van der Waals surface area contributed by atoms with E-state index < -0.39 is 0 Å². The summed E-state index contributed by atoms with van der Waals surface area (Å²) in [5.41, 5.74) is 2.24. The van der Waals surface area contributed by atoms with E-state index in [1.54, 1.807) is 7.11 Å². The average molecular weight is 354 g/mol. The van der Waals surface area contributed by atoms with Crippen LogP contribution in [-0.4, -0.2) is 19.9 Å². The second-order valence-electron chi connectivity index (χ2n) is 6.62. The highest BCUT2D eigenvalue weighted by Crippen LogP contribution is 2.16. The number of rotatable bonds is 11. The second-order valence-corrected chi connectivity index (χ2v) is 6.62. The topological polar surface area (TPSA) is 30.8 Å². The van der Waals surface area contributed by atoms with E-state index in [1.807, 2.05) is 42.6 Å². The predicted octanol–water partition coefficient (Wildman–Crippen LogP) is 5.91. The molecule has 0 radical (unpaired) electrons. The monoisotopic (exact) mass is 353 g/mol. The summed E-state index contributed by atoms with van der Waals surface area (Å²) in [6.07, 6.45) is 7.02. The largest absolute Gasteiger partial charge is 0.497 e. The molecule has 140 valence electrons. The van der Waals surface area contributed by atoms with Gasteiger partial charge in [-0.1, -0.05) is 45.2 Å². The number of methoxy groups -OCH3 is 1. The molecular weight excluding hydrogens is 322 g/mol. The van der Waals surface area contributed by atoms with E-state index in [9.17, 15) is 0 Å². The van der Waals surface area contributed by atoms with Crippen molar-refractivity contribution in [3.05, 3.63) is 59.7 Å². The Morgan fingerprint density at radius 2 is 1.65 bits per heavy atom. The first-order chi connectivity index (χ1) is 12.7. The van der Waals surface area contributed by atoms with E-state index >= 15 is 0 Å². The third kappa shape index (κ3) is 6.91. The molecule has 26 heavy (non-hydrogen) atoms. The molecule has 0 N–H and O–H groups in total. The van der Waals surface area contributed by atoms with Gasteiger partial charge in [-0.3, -0.25) is 4.99 Å². The van der Waals surface area contributed by atoms with Gasteiger partial charge in [0.15, 0.2) is 0 Å². The minimum absolute atomic E-state index is 0.549. The number of hydrogen-bond acceptors (Lipinski definition) is 3. The Labute approximate surface area is 158 Å². The van der Waals surface area contributed by atoms with E-state index in [0.717, 1.165) is 29.2 Å². The fourth-order valence-electron chi connectivity index (χ4n) is 2.76. The molecule has 0 amide bonds. The summed E-state index contributed by atoms with van der Waals surface area (Å²) in [7, 11) is 1.67. The molecule has 0 aliphatic heterocycles. The summed E-state index contributed by atoms with van der Waals surface area (Å²) in [5.74, 6) is 2.43. The van der Waals surface area contributed by atoms with Crippen LogP contribution in [-0.2, 0) is 6.61 Å². The molecule has 1 atom stereocenters. The van der Waals surface area contributed by atoms with Crippen LogP contribution in [0.4, 0.5) is 0 Å². The lowest BCUT2D eigenvalue weighted by Gasteiger charge is -2.10. The Bertz CT molecular complexity index is 647. The molecule has 1 unspecified atom stereocenters. The Kier molecular flexibility index (Phi) is 8.74. The SMILES string of the molecule is CCCCC(CC)C/N=C/c1ccc(OCc2ccc(OC)cc2)cc1. The van der Waals surface area contributed by atoms with Crippen molar-refractivity contribution in [2.24, 2.45) is 10.9 Å². The molecular formula is C23H31NO2. The number of nitrogens with zero attached hydrogens (tertiary/aromatic N) is 1. The normalized spacial score (nSPS) is 12.3. The van der Waals surface area contributed by atoms with Crippen LogP contribution in [0.15, 0.2) is 53.5 Å². The zero-order valence-corrected chi connectivity index (χ0v) is 16.3. The standard InChI is InChI=1S/C23H31NO2/c1-4-6-7-19(5-2)16-24-17-20-8-14-23(15-9-20)26-18-21-10-12-22(25-3)13-11-21/h8-15,17,19H,4-7,16,18H2,1-3H3/b24-17+. The van der Waals surface area contributed by atoms with E-state index in [4.69, 9.17) is 9.47 Å². The van der Waals surface area contributed by atoms with Crippen molar-refractivity contribution in [3.8, 4) is 11.5 Å². The van der Waals surface area contributed by atoms with Gasteiger partial charge in [0.05, 0.1) is 7.11 Å².